The number of nitrogens with zero attached hydrogens (tertiary/aromatic N) is 2. The first-order chi connectivity index (χ1) is 9.13. The summed E-state index contributed by atoms with van der Waals surface area (Å²) in [4.78, 5) is 0. The van der Waals surface area contributed by atoms with Gasteiger partial charge in [-0.1, -0.05) is 26.7 Å². The first-order valence-electron chi connectivity index (χ1n) is 7.93. The minimum atomic E-state index is 0.289. The molecule has 0 amide bonds. The molecule has 1 aliphatic carbocycles. The summed E-state index contributed by atoms with van der Waals surface area (Å²) in [6.07, 6.45) is 9.47. The number of nitrogens with two attached hydrogens (primary N) is 1. The van der Waals surface area contributed by atoms with E-state index < -0.39 is 0 Å². The lowest BCUT2D eigenvalue weighted by molar-refractivity contribution is 0.399. The number of rotatable bonds is 6. The Morgan fingerprint density at radius 1 is 1.42 bits per heavy atom. The maximum Gasteiger partial charge on any atom is 0.0640 e. The van der Waals surface area contributed by atoms with E-state index in [1.165, 1.54) is 25.7 Å². The highest BCUT2D eigenvalue weighted by atomic mass is 15.3. The van der Waals surface area contributed by atoms with Gasteiger partial charge in [0, 0.05) is 24.7 Å². The Balaban J connectivity index is 1.88. The van der Waals surface area contributed by atoms with Crippen LogP contribution in [0.1, 0.15) is 64.6 Å². The lowest BCUT2D eigenvalue weighted by Gasteiger charge is -2.18. The molecule has 3 nitrogen and oxygen atoms in total. The smallest absolute Gasteiger partial charge is 0.0640 e. The van der Waals surface area contributed by atoms with Gasteiger partial charge >= 0.3 is 0 Å². The molecule has 1 fully saturated rings. The van der Waals surface area contributed by atoms with Gasteiger partial charge < -0.3 is 5.73 Å². The third-order valence-electron chi connectivity index (χ3n) is 4.92. The van der Waals surface area contributed by atoms with E-state index in [0.29, 0.717) is 12.0 Å². The maximum absolute atomic E-state index is 6.40. The molecule has 1 aromatic heterocycles. The lowest BCUT2D eigenvalue weighted by atomic mass is 9.93. The van der Waals surface area contributed by atoms with Crippen LogP contribution < -0.4 is 5.73 Å². The van der Waals surface area contributed by atoms with Crippen molar-refractivity contribution in [1.82, 2.24) is 9.78 Å². The van der Waals surface area contributed by atoms with Gasteiger partial charge in [-0.3, -0.25) is 4.68 Å². The van der Waals surface area contributed by atoms with E-state index in [2.05, 4.69) is 42.8 Å². The molecular weight excluding hydrogens is 234 g/mol. The largest absolute Gasteiger partial charge is 0.327 e. The number of hydrogen-bond acceptors (Lipinski definition) is 2. The van der Waals surface area contributed by atoms with Crippen LogP contribution in [0.15, 0.2) is 12.3 Å². The second-order valence-corrected chi connectivity index (χ2v) is 6.26. The van der Waals surface area contributed by atoms with Crippen LogP contribution in [0, 0.1) is 11.8 Å². The molecule has 3 heteroatoms. The number of aromatic nitrogens is 2. The molecule has 1 aromatic rings. The van der Waals surface area contributed by atoms with Crippen LogP contribution in [-0.4, -0.2) is 15.8 Å². The molecule has 19 heavy (non-hydrogen) atoms. The van der Waals surface area contributed by atoms with Crippen LogP contribution in [0.25, 0.3) is 0 Å². The van der Waals surface area contributed by atoms with E-state index in [-0.39, 0.29) is 6.04 Å². The van der Waals surface area contributed by atoms with Crippen molar-refractivity contribution < 1.29 is 0 Å². The van der Waals surface area contributed by atoms with Crippen molar-refractivity contribution in [2.24, 2.45) is 17.6 Å². The topological polar surface area (TPSA) is 43.8 Å². The Bertz CT molecular complexity index is 385. The van der Waals surface area contributed by atoms with Gasteiger partial charge in [-0.15, -0.1) is 0 Å². The molecule has 0 aliphatic heterocycles. The molecule has 1 aliphatic rings. The zero-order chi connectivity index (χ0) is 13.8. The van der Waals surface area contributed by atoms with Crippen molar-refractivity contribution in [1.29, 1.82) is 0 Å². The van der Waals surface area contributed by atoms with E-state index >= 15 is 0 Å². The van der Waals surface area contributed by atoms with Gasteiger partial charge in [0.2, 0.25) is 0 Å². The summed E-state index contributed by atoms with van der Waals surface area (Å²) in [5.41, 5.74) is 7.56. The lowest BCUT2D eigenvalue weighted by Crippen LogP contribution is -2.31. The van der Waals surface area contributed by atoms with Crippen LogP contribution >= 0.6 is 0 Å². The highest BCUT2D eigenvalue weighted by molar-refractivity contribution is 5.03. The van der Waals surface area contributed by atoms with Crippen molar-refractivity contribution >= 4 is 0 Å². The van der Waals surface area contributed by atoms with E-state index in [0.717, 1.165) is 24.5 Å². The van der Waals surface area contributed by atoms with Crippen LogP contribution in [0.3, 0.4) is 0 Å². The Hall–Kier alpha value is -0.830. The van der Waals surface area contributed by atoms with E-state index in [1.807, 2.05) is 0 Å². The van der Waals surface area contributed by atoms with Crippen molar-refractivity contribution in [3.8, 4) is 0 Å². The quantitative estimate of drug-likeness (QED) is 0.853. The van der Waals surface area contributed by atoms with Crippen LogP contribution in [-0.2, 0) is 6.42 Å². The Morgan fingerprint density at radius 3 is 2.84 bits per heavy atom. The zero-order valence-corrected chi connectivity index (χ0v) is 12.7. The highest BCUT2D eigenvalue weighted by Crippen LogP contribution is 2.35. The zero-order valence-electron chi connectivity index (χ0n) is 12.7. The summed E-state index contributed by atoms with van der Waals surface area (Å²) in [7, 11) is 0. The highest BCUT2D eigenvalue weighted by Gasteiger charge is 2.28. The molecule has 4 unspecified atom stereocenters. The van der Waals surface area contributed by atoms with Crippen LogP contribution in [0.5, 0.6) is 0 Å². The normalized spacial score (nSPS) is 26.5. The first-order valence-corrected chi connectivity index (χ1v) is 7.93. The van der Waals surface area contributed by atoms with Crippen molar-refractivity contribution in [2.75, 3.05) is 0 Å². The minimum absolute atomic E-state index is 0.289. The fraction of sp³-hybridized carbons (Fsp3) is 0.812. The Kier molecular flexibility index (Phi) is 5.03. The van der Waals surface area contributed by atoms with E-state index in [9.17, 15) is 0 Å². The monoisotopic (exact) mass is 263 g/mol. The molecule has 0 aromatic carbocycles. The molecule has 0 spiro atoms. The van der Waals surface area contributed by atoms with Crippen molar-refractivity contribution in [3.63, 3.8) is 0 Å². The fourth-order valence-corrected chi connectivity index (χ4v) is 3.20. The molecule has 4 atom stereocenters. The summed E-state index contributed by atoms with van der Waals surface area (Å²) in [6.45, 7) is 6.70. The van der Waals surface area contributed by atoms with Gasteiger partial charge in [-0.25, -0.2) is 0 Å². The van der Waals surface area contributed by atoms with Crippen LogP contribution in [0.2, 0.25) is 0 Å². The maximum atomic E-state index is 6.40. The molecular formula is C16H29N3. The summed E-state index contributed by atoms with van der Waals surface area (Å²) >= 11 is 0. The predicted molar refractivity (Wildman–Crippen MR) is 80.0 cm³/mol. The molecule has 1 heterocycles. The van der Waals surface area contributed by atoms with Crippen molar-refractivity contribution in [3.05, 3.63) is 18.0 Å². The molecule has 108 valence electrons. The molecule has 1 saturated carbocycles. The predicted octanol–water partition coefficient (Wildman–Crippen LogP) is 3.55. The van der Waals surface area contributed by atoms with E-state index in [4.69, 9.17) is 5.73 Å². The van der Waals surface area contributed by atoms with Gasteiger partial charge in [0.1, 0.15) is 0 Å². The molecule has 0 bridgehead atoms. The Morgan fingerprint density at radius 2 is 2.21 bits per heavy atom. The summed E-state index contributed by atoms with van der Waals surface area (Å²) < 4.78 is 2.07. The average Bonchev–Trinajstić information content (AvgIpc) is 3.06. The first kappa shape index (κ1) is 14.6. The van der Waals surface area contributed by atoms with Gasteiger partial charge in [-0.2, -0.15) is 5.10 Å². The van der Waals surface area contributed by atoms with Gasteiger partial charge in [0.15, 0.2) is 0 Å². The molecule has 0 saturated heterocycles. The minimum Gasteiger partial charge on any atom is -0.327 e. The summed E-state index contributed by atoms with van der Waals surface area (Å²) in [5.74, 6) is 1.62. The standard InChI is InChI=1S/C16H29N3/c1-4-12(3)19-9-8-15(18-19)11-16(17)14-7-6-13(5-2)10-14/h8-9,12-14,16H,4-7,10-11,17H2,1-3H3. The van der Waals surface area contributed by atoms with Crippen molar-refractivity contribution in [2.45, 2.75) is 71.4 Å². The Labute approximate surface area is 117 Å². The molecule has 2 N–H and O–H groups in total. The van der Waals surface area contributed by atoms with Crippen LogP contribution in [0.4, 0.5) is 0 Å². The third kappa shape index (κ3) is 3.59. The van der Waals surface area contributed by atoms with Gasteiger partial charge in [0.25, 0.3) is 0 Å². The second-order valence-electron chi connectivity index (χ2n) is 6.26. The molecule has 2 rings (SSSR count). The van der Waals surface area contributed by atoms with Gasteiger partial charge in [0.05, 0.1) is 5.69 Å². The number of hydrogen-bond donors (Lipinski definition) is 1. The second kappa shape index (κ2) is 6.56. The SMILES string of the molecule is CCC1CCC(C(N)Cc2ccn(C(C)CC)n2)C1. The molecule has 0 radical (unpaired) electrons. The summed E-state index contributed by atoms with van der Waals surface area (Å²) in [5, 5.41) is 4.67. The fourth-order valence-electron chi connectivity index (χ4n) is 3.20. The average molecular weight is 263 g/mol. The van der Waals surface area contributed by atoms with Gasteiger partial charge in [-0.05, 0) is 44.1 Å². The summed E-state index contributed by atoms with van der Waals surface area (Å²) in [6, 6.07) is 2.91. The van der Waals surface area contributed by atoms with E-state index in [1.54, 1.807) is 0 Å². The third-order valence-corrected chi connectivity index (χ3v) is 4.92.